The Labute approximate surface area is 104 Å². The van der Waals surface area contributed by atoms with Crippen molar-refractivity contribution in [1.29, 1.82) is 0 Å². The van der Waals surface area contributed by atoms with E-state index in [0.29, 0.717) is 23.1 Å². The van der Waals surface area contributed by atoms with E-state index in [4.69, 9.17) is 0 Å². The molecule has 4 heteroatoms. The number of rotatable bonds is 3. The van der Waals surface area contributed by atoms with Gasteiger partial charge >= 0.3 is 0 Å². The van der Waals surface area contributed by atoms with Crippen LogP contribution in [0.25, 0.3) is 0 Å². The largest absolute Gasteiger partial charge is 0.339 e. The molecule has 0 aromatic rings. The second kappa shape index (κ2) is 5.62. The van der Waals surface area contributed by atoms with E-state index in [0.717, 1.165) is 0 Å². The number of carbonyl (C=O) groups is 1. The Hall–Kier alpha value is -0.640. The minimum atomic E-state index is -1.07. The number of hydrogen-bond donors (Lipinski definition) is 0. The van der Waals surface area contributed by atoms with Gasteiger partial charge in [-0.3, -0.25) is 4.79 Å². The zero-order valence-electron chi connectivity index (χ0n) is 9.84. The monoisotopic (exact) mass is 289 g/mol. The minimum absolute atomic E-state index is 0.0728. The topological polar surface area (TPSA) is 20.3 Å². The lowest BCUT2D eigenvalue weighted by atomic mass is 9.90. The number of carbonyl (C=O) groups excluding carboxylic acids is 1. The van der Waals surface area contributed by atoms with Crippen molar-refractivity contribution in [2.45, 2.75) is 26.9 Å². The summed E-state index contributed by atoms with van der Waals surface area (Å²) in [6.45, 7) is 6.88. The predicted molar refractivity (Wildman–Crippen MR) is 67.1 cm³/mol. The van der Waals surface area contributed by atoms with Crippen LogP contribution in [0.4, 0.5) is 4.39 Å². The summed E-state index contributed by atoms with van der Waals surface area (Å²) in [6.07, 6.45) is 2.03. The molecule has 0 heterocycles. The van der Waals surface area contributed by atoms with Crippen molar-refractivity contribution < 1.29 is 9.18 Å². The molecule has 0 aromatic carbocycles. The van der Waals surface area contributed by atoms with E-state index in [1.54, 1.807) is 17.9 Å². The number of nitrogens with zero attached hydrogens (tertiary/aromatic N) is 1. The first kappa shape index (κ1) is 13.4. The van der Waals surface area contributed by atoms with E-state index < -0.39 is 6.17 Å². The molecular weight excluding hydrogens is 273 g/mol. The van der Waals surface area contributed by atoms with E-state index in [9.17, 15) is 9.18 Å². The first-order valence-electron chi connectivity index (χ1n) is 5.54. The summed E-state index contributed by atoms with van der Waals surface area (Å²) < 4.78 is 14.2. The lowest BCUT2D eigenvalue weighted by Gasteiger charge is -2.27. The molecule has 1 rings (SSSR count). The first-order chi connectivity index (χ1) is 7.52. The van der Waals surface area contributed by atoms with Gasteiger partial charge in [-0.1, -0.05) is 22.9 Å². The van der Waals surface area contributed by atoms with Crippen molar-refractivity contribution in [3.05, 3.63) is 22.2 Å². The number of alkyl halides is 1. The molecule has 0 bridgehead atoms. The zero-order valence-corrected chi connectivity index (χ0v) is 11.4. The third-order valence-corrected chi connectivity index (χ3v) is 3.59. The van der Waals surface area contributed by atoms with Gasteiger partial charge < -0.3 is 4.90 Å². The average Bonchev–Trinajstić information content (AvgIpc) is 2.26. The van der Waals surface area contributed by atoms with Crippen molar-refractivity contribution in [3.63, 3.8) is 0 Å². The maximum atomic E-state index is 13.5. The van der Waals surface area contributed by atoms with Crippen LogP contribution in [0.5, 0.6) is 0 Å². The van der Waals surface area contributed by atoms with Crippen LogP contribution in [0.15, 0.2) is 22.2 Å². The van der Waals surface area contributed by atoms with Crippen LogP contribution < -0.4 is 0 Å². The molecule has 0 aliphatic heterocycles. The van der Waals surface area contributed by atoms with Gasteiger partial charge in [0.25, 0.3) is 5.91 Å². The molecular formula is C12H17BrFNO. The Bertz CT molecular complexity index is 334. The molecule has 0 fully saturated rings. The molecule has 1 aliphatic carbocycles. The Balaban J connectivity index is 3.01. The van der Waals surface area contributed by atoms with Gasteiger partial charge in [0.2, 0.25) is 0 Å². The van der Waals surface area contributed by atoms with Gasteiger partial charge in [-0.2, -0.15) is 0 Å². The van der Waals surface area contributed by atoms with Gasteiger partial charge in [0.1, 0.15) is 6.17 Å². The van der Waals surface area contributed by atoms with Crippen molar-refractivity contribution in [2.24, 2.45) is 5.92 Å². The third-order valence-electron chi connectivity index (χ3n) is 2.90. The SMILES string of the molecule is CCN(CC)C(=O)C1=C(Br)C=CC(F)C1C. The van der Waals surface area contributed by atoms with Gasteiger partial charge in [0, 0.05) is 29.1 Å². The number of likely N-dealkylation sites (N-methyl/N-ethyl adjacent to an activating group) is 1. The second-order valence-electron chi connectivity index (χ2n) is 3.83. The van der Waals surface area contributed by atoms with E-state index in [1.165, 1.54) is 6.08 Å². The van der Waals surface area contributed by atoms with Crippen molar-refractivity contribution in [1.82, 2.24) is 4.90 Å². The Kier molecular flexibility index (Phi) is 4.71. The van der Waals surface area contributed by atoms with Gasteiger partial charge in [-0.15, -0.1) is 0 Å². The van der Waals surface area contributed by atoms with Crippen molar-refractivity contribution in [3.8, 4) is 0 Å². The summed E-state index contributed by atoms with van der Waals surface area (Å²) in [5, 5.41) is 0. The Morgan fingerprint density at radius 3 is 2.56 bits per heavy atom. The molecule has 0 aromatic heterocycles. The van der Waals surface area contributed by atoms with Crippen LogP contribution in [0.2, 0.25) is 0 Å². The molecule has 0 N–H and O–H groups in total. The van der Waals surface area contributed by atoms with Crippen LogP contribution in [-0.4, -0.2) is 30.1 Å². The normalized spacial score (nSPS) is 24.8. The summed E-state index contributed by atoms with van der Waals surface area (Å²) in [6, 6.07) is 0. The third kappa shape index (κ3) is 2.54. The second-order valence-corrected chi connectivity index (χ2v) is 4.69. The quantitative estimate of drug-likeness (QED) is 0.782. The fraction of sp³-hybridized carbons (Fsp3) is 0.583. The van der Waals surface area contributed by atoms with E-state index in [1.807, 2.05) is 13.8 Å². The minimum Gasteiger partial charge on any atom is -0.339 e. The molecule has 2 unspecified atom stereocenters. The lowest BCUT2D eigenvalue weighted by molar-refractivity contribution is -0.127. The highest BCUT2D eigenvalue weighted by molar-refractivity contribution is 9.12. The zero-order chi connectivity index (χ0) is 12.3. The number of hydrogen-bond acceptors (Lipinski definition) is 1. The summed E-state index contributed by atoms with van der Waals surface area (Å²) in [5.41, 5.74) is 0.540. The molecule has 0 saturated heterocycles. The van der Waals surface area contributed by atoms with Gasteiger partial charge in [0.05, 0.1) is 0 Å². The molecule has 16 heavy (non-hydrogen) atoms. The van der Waals surface area contributed by atoms with Crippen LogP contribution >= 0.6 is 15.9 Å². The molecule has 1 amide bonds. The maximum Gasteiger partial charge on any atom is 0.251 e. The van der Waals surface area contributed by atoms with E-state index in [-0.39, 0.29) is 11.8 Å². The highest BCUT2D eigenvalue weighted by Gasteiger charge is 2.30. The standard InChI is InChI=1S/C12H17BrFNO/c1-4-15(5-2)12(16)11-8(3)10(14)7-6-9(11)13/h6-8,10H,4-5H2,1-3H3. The summed E-state index contributed by atoms with van der Waals surface area (Å²) in [4.78, 5) is 13.9. The Morgan fingerprint density at radius 1 is 1.50 bits per heavy atom. The van der Waals surface area contributed by atoms with Gasteiger partial charge in [-0.25, -0.2) is 4.39 Å². The number of halogens is 2. The maximum absolute atomic E-state index is 13.5. The van der Waals surface area contributed by atoms with Gasteiger partial charge in [-0.05, 0) is 26.0 Å². The first-order valence-corrected chi connectivity index (χ1v) is 6.33. The smallest absolute Gasteiger partial charge is 0.251 e. The molecule has 2 nitrogen and oxygen atoms in total. The van der Waals surface area contributed by atoms with E-state index >= 15 is 0 Å². The molecule has 1 aliphatic rings. The van der Waals surface area contributed by atoms with Gasteiger partial charge in [0.15, 0.2) is 0 Å². The fourth-order valence-corrected chi connectivity index (χ4v) is 2.47. The number of amides is 1. The highest BCUT2D eigenvalue weighted by Crippen LogP contribution is 2.31. The average molecular weight is 290 g/mol. The molecule has 90 valence electrons. The van der Waals surface area contributed by atoms with Crippen molar-refractivity contribution >= 4 is 21.8 Å². The van der Waals surface area contributed by atoms with Crippen LogP contribution in [0.1, 0.15) is 20.8 Å². The molecule has 0 spiro atoms. The van der Waals surface area contributed by atoms with Crippen LogP contribution in [0.3, 0.4) is 0 Å². The summed E-state index contributed by atoms with van der Waals surface area (Å²) in [5.74, 6) is -0.455. The van der Waals surface area contributed by atoms with E-state index in [2.05, 4.69) is 15.9 Å². The molecule has 0 saturated carbocycles. The Morgan fingerprint density at radius 2 is 2.06 bits per heavy atom. The summed E-state index contributed by atoms with van der Waals surface area (Å²) in [7, 11) is 0. The lowest BCUT2D eigenvalue weighted by Crippen LogP contribution is -2.36. The molecule has 0 radical (unpaired) electrons. The fourth-order valence-electron chi connectivity index (χ4n) is 1.79. The van der Waals surface area contributed by atoms with Crippen LogP contribution in [-0.2, 0) is 4.79 Å². The summed E-state index contributed by atoms with van der Waals surface area (Å²) >= 11 is 3.33. The molecule has 2 atom stereocenters. The van der Waals surface area contributed by atoms with Crippen molar-refractivity contribution in [2.75, 3.05) is 13.1 Å². The predicted octanol–water partition coefficient (Wildman–Crippen LogP) is 3.05. The highest BCUT2D eigenvalue weighted by atomic mass is 79.9. The number of allylic oxidation sites excluding steroid dienone is 3. The van der Waals surface area contributed by atoms with Crippen LogP contribution in [0, 0.1) is 5.92 Å².